The van der Waals surface area contributed by atoms with Crippen LogP contribution in [0.4, 0.5) is 0 Å². The number of carbonyl (C=O) groups is 1. The van der Waals surface area contributed by atoms with E-state index in [-0.39, 0.29) is 12.2 Å². The number of carbonyl (C=O) groups excluding carboxylic acids is 1. The van der Waals surface area contributed by atoms with Crippen molar-refractivity contribution in [3.05, 3.63) is 126 Å². The number of esters is 1. The number of hydrogen-bond acceptors (Lipinski definition) is 6. The van der Waals surface area contributed by atoms with Gasteiger partial charge in [-0.15, -0.1) is 0 Å². The molecule has 1 aromatic heterocycles. The lowest BCUT2D eigenvalue weighted by molar-refractivity contribution is -0.138. The molecule has 1 atom stereocenters. The number of nitrogens with zero attached hydrogens (tertiary/aromatic N) is 2. The minimum atomic E-state index is -0.735. The lowest BCUT2D eigenvalue weighted by Crippen LogP contribution is -2.40. The van der Waals surface area contributed by atoms with E-state index >= 15 is 0 Å². The van der Waals surface area contributed by atoms with Crippen molar-refractivity contribution in [1.29, 1.82) is 0 Å². The van der Waals surface area contributed by atoms with Crippen molar-refractivity contribution in [3.8, 4) is 5.75 Å². The van der Waals surface area contributed by atoms with Gasteiger partial charge in [-0.3, -0.25) is 9.36 Å². The first-order valence-corrected chi connectivity index (χ1v) is 12.9. The molecule has 1 aliphatic heterocycles. The first kappa shape index (κ1) is 24.7. The highest BCUT2D eigenvalue weighted by atomic mass is 35.5. The largest absolute Gasteiger partial charge is 0.497 e. The second kappa shape index (κ2) is 10.6. The van der Waals surface area contributed by atoms with Gasteiger partial charge < -0.3 is 9.47 Å². The first-order valence-electron chi connectivity index (χ1n) is 11.7. The summed E-state index contributed by atoms with van der Waals surface area (Å²) in [6.07, 6.45) is 1.82. The molecule has 0 amide bonds. The standard InChI is InChI=1S/C29H23ClN2O4S/c1-3-36-28(34)24-25(19-7-5-4-6-8-19)31-29-32(26(24)20-11-13-21(30)14-12-20)27(33)23(37-29)17-18-9-15-22(35-2)16-10-18/h4-17,26H,3H2,1-2H3. The Morgan fingerprint density at radius 3 is 2.41 bits per heavy atom. The van der Waals surface area contributed by atoms with Gasteiger partial charge in [-0.2, -0.15) is 0 Å². The fourth-order valence-electron chi connectivity index (χ4n) is 4.25. The van der Waals surface area contributed by atoms with Crippen LogP contribution in [0, 0.1) is 0 Å². The molecule has 0 spiro atoms. The number of thiazole rings is 1. The fraction of sp³-hybridized carbons (Fsp3) is 0.138. The predicted molar refractivity (Wildman–Crippen MR) is 146 cm³/mol. The predicted octanol–water partition coefficient (Wildman–Crippen LogP) is 4.60. The molecule has 0 aliphatic carbocycles. The monoisotopic (exact) mass is 530 g/mol. The summed E-state index contributed by atoms with van der Waals surface area (Å²) in [4.78, 5) is 32.6. The van der Waals surface area contributed by atoms with E-state index < -0.39 is 12.0 Å². The quantitative estimate of drug-likeness (QED) is 0.342. The molecule has 8 heteroatoms. The van der Waals surface area contributed by atoms with Crippen molar-refractivity contribution in [2.45, 2.75) is 13.0 Å². The Morgan fingerprint density at radius 2 is 1.76 bits per heavy atom. The van der Waals surface area contributed by atoms with Gasteiger partial charge in [-0.1, -0.05) is 77.5 Å². The maximum Gasteiger partial charge on any atom is 0.338 e. The third-order valence-corrected chi connectivity index (χ3v) is 7.21. The Bertz CT molecular complexity index is 1650. The Labute approximate surface area is 222 Å². The van der Waals surface area contributed by atoms with E-state index in [4.69, 9.17) is 26.1 Å². The number of methoxy groups -OCH3 is 1. The van der Waals surface area contributed by atoms with Crippen LogP contribution in [-0.2, 0) is 9.53 Å². The number of hydrogen-bond donors (Lipinski definition) is 0. The van der Waals surface area contributed by atoms with Crippen LogP contribution in [0.3, 0.4) is 0 Å². The maximum atomic E-state index is 13.8. The second-order valence-corrected chi connectivity index (χ2v) is 9.70. The van der Waals surface area contributed by atoms with Crippen LogP contribution in [0.5, 0.6) is 5.75 Å². The molecule has 1 aliphatic rings. The van der Waals surface area contributed by atoms with E-state index in [0.717, 1.165) is 22.4 Å². The Morgan fingerprint density at radius 1 is 1.05 bits per heavy atom. The van der Waals surface area contributed by atoms with E-state index in [1.807, 2.05) is 72.8 Å². The molecule has 0 saturated heterocycles. The van der Waals surface area contributed by atoms with E-state index in [0.29, 0.717) is 25.6 Å². The van der Waals surface area contributed by atoms with Crippen LogP contribution in [0.25, 0.3) is 11.8 Å². The molecule has 0 bridgehead atoms. The van der Waals surface area contributed by atoms with Gasteiger partial charge in [0.05, 0.1) is 35.6 Å². The van der Waals surface area contributed by atoms with Crippen LogP contribution in [0.1, 0.15) is 29.7 Å². The van der Waals surface area contributed by atoms with Crippen molar-refractivity contribution in [1.82, 2.24) is 4.57 Å². The second-order valence-electron chi connectivity index (χ2n) is 8.26. The van der Waals surface area contributed by atoms with Crippen molar-refractivity contribution in [2.24, 2.45) is 4.99 Å². The summed E-state index contributed by atoms with van der Waals surface area (Å²) in [5.41, 5.74) is 2.88. The number of benzene rings is 3. The summed E-state index contributed by atoms with van der Waals surface area (Å²) < 4.78 is 12.8. The molecular weight excluding hydrogens is 508 g/mol. The van der Waals surface area contributed by atoms with Gasteiger partial charge in [0.15, 0.2) is 4.80 Å². The Hall–Kier alpha value is -3.94. The number of fused-ring (bicyclic) bond motifs is 1. The highest BCUT2D eigenvalue weighted by Crippen LogP contribution is 2.35. The molecule has 4 aromatic rings. The highest BCUT2D eigenvalue weighted by Gasteiger charge is 2.35. The first-order chi connectivity index (χ1) is 18.0. The lowest BCUT2D eigenvalue weighted by Gasteiger charge is -2.25. The molecule has 0 N–H and O–H groups in total. The number of rotatable bonds is 6. The van der Waals surface area contributed by atoms with Crippen LogP contribution in [0.2, 0.25) is 5.02 Å². The molecule has 0 saturated carbocycles. The smallest absolute Gasteiger partial charge is 0.338 e. The topological polar surface area (TPSA) is 69.9 Å². The SMILES string of the molecule is CCOC(=O)C1=C(c2ccccc2)N=c2sc(=Cc3ccc(OC)cc3)c(=O)n2C1c1ccc(Cl)cc1. The summed E-state index contributed by atoms with van der Waals surface area (Å²) in [6, 6.07) is 23.3. The Kier molecular flexibility index (Phi) is 7.08. The summed E-state index contributed by atoms with van der Waals surface area (Å²) in [5.74, 6) is 0.211. The molecule has 0 radical (unpaired) electrons. The van der Waals surface area contributed by atoms with Crippen molar-refractivity contribution in [2.75, 3.05) is 13.7 Å². The van der Waals surface area contributed by atoms with Crippen molar-refractivity contribution >= 4 is 40.7 Å². The zero-order valence-corrected chi connectivity index (χ0v) is 21.8. The zero-order valence-electron chi connectivity index (χ0n) is 20.2. The minimum Gasteiger partial charge on any atom is -0.497 e. The van der Waals surface area contributed by atoms with Crippen LogP contribution in [-0.4, -0.2) is 24.3 Å². The van der Waals surface area contributed by atoms with Crippen LogP contribution >= 0.6 is 22.9 Å². The number of aromatic nitrogens is 1. The van der Waals surface area contributed by atoms with E-state index in [9.17, 15) is 9.59 Å². The van der Waals surface area contributed by atoms with Gasteiger partial charge >= 0.3 is 5.97 Å². The van der Waals surface area contributed by atoms with Gasteiger partial charge in [-0.05, 0) is 48.4 Å². The lowest BCUT2D eigenvalue weighted by atomic mass is 9.93. The molecule has 6 nitrogen and oxygen atoms in total. The summed E-state index contributed by atoms with van der Waals surface area (Å²) in [7, 11) is 1.61. The average Bonchev–Trinajstić information content (AvgIpc) is 3.23. The van der Waals surface area contributed by atoms with Crippen molar-refractivity contribution in [3.63, 3.8) is 0 Å². The molecular formula is C29H23ClN2O4S. The summed E-state index contributed by atoms with van der Waals surface area (Å²) >= 11 is 7.45. The zero-order chi connectivity index (χ0) is 25.9. The van der Waals surface area contributed by atoms with Gasteiger partial charge in [0.25, 0.3) is 5.56 Å². The van der Waals surface area contributed by atoms with E-state index in [1.165, 1.54) is 11.3 Å². The van der Waals surface area contributed by atoms with Crippen LogP contribution < -0.4 is 19.6 Å². The Balaban J connectivity index is 1.80. The third kappa shape index (κ3) is 4.88. The van der Waals surface area contributed by atoms with Gasteiger partial charge in [0.2, 0.25) is 0 Å². The molecule has 186 valence electrons. The van der Waals surface area contributed by atoms with Gasteiger partial charge in [0.1, 0.15) is 5.75 Å². The molecule has 37 heavy (non-hydrogen) atoms. The van der Waals surface area contributed by atoms with Gasteiger partial charge in [0, 0.05) is 10.6 Å². The number of ether oxygens (including phenoxy) is 2. The fourth-order valence-corrected chi connectivity index (χ4v) is 5.38. The van der Waals surface area contributed by atoms with E-state index in [2.05, 4.69) is 0 Å². The molecule has 3 aromatic carbocycles. The summed E-state index contributed by atoms with van der Waals surface area (Å²) in [6.45, 7) is 1.95. The van der Waals surface area contributed by atoms with Gasteiger partial charge in [-0.25, -0.2) is 9.79 Å². The highest BCUT2D eigenvalue weighted by molar-refractivity contribution is 7.07. The van der Waals surface area contributed by atoms with E-state index in [1.54, 1.807) is 30.7 Å². The van der Waals surface area contributed by atoms with Crippen molar-refractivity contribution < 1.29 is 14.3 Å². The molecule has 5 rings (SSSR count). The molecule has 0 fully saturated rings. The number of halogens is 1. The average molecular weight is 531 g/mol. The van der Waals surface area contributed by atoms with Crippen LogP contribution in [0.15, 0.2) is 94.2 Å². The molecule has 1 unspecified atom stereocenters. The third-order valence-electron chi connectivity index (χ3n) is 5.97. The maximum absolute atomic E-state index is 13.8. The molecule has 2 heterocycles. The minimum absolute atomic E-state index is 0.194. The normalized spacial score (nSPS) is 15.2. The summed E-state index contributed by atoms with van der Waals surface area (Å²) in [5, 5.41) is 0.556.